The molecule has 4 rings (SSSR count). The SMILES string of the molecule is Cc1ccc(NCC(C)(C)c2ccc3c(c2)OC(F)(F)O3)nc1-c1cc(F)cc(C(=O)O)c1. The molecule has 9 heteroatoms. The number of benzene rings is 2. The molecule has 172 valence electrons. The van der Waals surface area contributed by atoms with Crippen LogP contribution >= 0.6 is 0 Å². The number of fused-ring (bicyclic) bond motifs is 1. The van der Waals surface area contributed by atoms with Crippen LogP contribution in [0.4, 0.5) is 19.0 Å². The molecule has 6 nitrogen and oxygen atoms in total. The standard InChI is InChI=1S/C24H21F3N2O4/c1-13-4-7-20(29-21(13)14-8-15(22(30)31)10-17(25)9-14)28-12-23(2,3)16-5-6-18-19(11-16)33-24(26,27)32-18/h4-11H,12H2,1-3H3,(H,28,29)(H,30,31). The molecule has 33 heavy (non-hydrogen) atoms. The van der Waals surface area contributed by atoms with Crippen LogP contribution in [0.1, 0.15) is 35.3 Å². The number of nitrogens with one attached hydrogen (secondary N) is 1. The molecule has 0 atom stereocenters. The molecule has 0 fully saturated rings. The van der Waals surface area contributed by atoms with Crippen molar-refractivity contribution in [3.8, 4) is 22.8 Å². The van der Waals surface area contributed by atoms with Gasteiger partial charge in [0.25, 0.3) is 0 Å². The van der Waals surface area contributed by atoms with Crippen LogP contribution in [0.3, 0.4) is 0 Å². The van der Waals surface area contributed by atoms with Gasteiger partial charge in [-0.1, -0.05) is 26.0 Å². The summed E-state index contributed by atoms with van der Waals surface area (Å²) in [5.74, 6) is -1.45. The minimum absolute atomic E-state index is 0.0202. The molecule has 0 radical (unpaired) electrons. The van der Waals surface area contributed by atoms with E-state index in [2.05, 4.69) is 19.8 Å². The van der Waals surface area contributed by atoms with E-state index in [0.717, 1.165) is 17.2 Å². The normalized spacial score (nSPS) is 14.2. The predicted molar refractivity (Wildman–Crippen MR) is 115 cm³/mol. The molecule has 0 unspecified atom stereocenters. The van der Waals surface area contributed by atoms with Crippen molar-refractivity contribution in [1.29, 1.82) is 0 Å². The number of rotatable bonds is 6. The molecule has 1 aliphatic rings. The highest BCUT2D eigenvalue weighted by Gasteiger charge is 2.43. The number of carboxylic acids is 1. The van der Waals surface area contributed by atoms with Gasteiger partial charge in [0.05, 0.1) is 11.3 Å². The Morgan fingerprint density at radius 3 is 2.55 bits per heavy atom. The molecule has 2 N–H and O–H groups in total. The van der Waals surface area contributed by atoms with Gasteiger partial charge >= 0.3 is 12.3 Å². The first kappa shape index (κ1) is 22.4. The maximum Gasteiger partial charge on any atom is 0.586 e. The average Bonchev–Trinajstić information content (AvgIpc) is 3.05. The van der Waals surface area contributed by atoms with Gasteiger partial charge in [-0.2, -0.15) is 0 Å². The molecule has 0 bridgehead atoms. The molecule has 0 aliphatic carbocycles. The lowest BCUT2D eigenvalue weighted by atomic mass is 9.84. The number of aromatic nitrogens is 1. The van der Waals surface area contributed by atoms with Gasteiger partial charge in [0.1, 0.15) is 11.6 Å². The van der Waals surface area contributed by atoms with Gasteiger partial charge in [0.15, 0.2) is 11.5 Å². The molecule has 3 aromatic rings. The lowest BCUT2D eigenvalue weighted by molar-refractivity contribution is -0.286. The molecule has 0 saturated carbocycles. The first-order chi connectivity index (χ1) is 15.4. The maximum atomic E-state index is 14.0. The van der Waals surface area contributed by atoms with Gasteiger partial charge in [-0.15, -0.1) is 8.78 Å². The first-order valence-electron chi connectivity index (χ1n) is 10.1. The Hall–Kier alpha value is -3.75. The topological polar surface area (TPSA) is 80.7 Å². The lowest BCUT2D eigenvalue weighted by Gasteiger charge is -2.26. The number of hydrogen-bond acceptors (Lipinski definition) is 5. The van der Waals surface area contributed by atoms with Crippen molar-refractivity contribution in [2.45, 2.75) is 32.5 Å². The summed E-state index contributed by atoms with van der Waals surface area (Å²) < 4.78 is 49.6. The van der Waals surface area contributed by atoms with Crippen molar-refractivity contribution in [3.63, 3.8) is 0 Å². The van der Waals surface area contributed by atoms with Gasteiger partial charge < -0.3 is 19.9 Å². The average molecular weight is 458 g/mol. The van der Waals surface area contributed by atoms with Gasteiger partial charge in [-0.3, -0.25) is 0 Å². The van der Waals surface area contributed by atoms with Crippen molar-refractivity contribution in [3.05, 3.63) is 71.0 Å². The highest BCUT2D eigenvalue weighted by Crippen LogP contribution is 2.43. The van der Waals surface area contributed by atoms with Crippen LogP contribution in [0.25, 0.3) is 11.3 Å². The van der Waals surface area contributed by atoms with Crippen LogP contribution in [0.15, 0.2) is 48.5 Å². The molecular formula is C24H21F3N2O4. The number of anilines is 1. The van der Waals surface area contributed by atoms with Gasteiger partial charge in [0.2, 0.25) is 0 Å². The van der Waals surface area contributed by atoms with E-state index < -0.39 is 23.5 Å². The Kier molecular flexibility index (Phi) is 5.43. The number of nitrogens with zero attached hydrogens (tertiary/aromatic N) is 1. The number of ether oxygens (including phenoxy) is 2. The lowest BCUT2D eigenvalue weighted by Crippen LogP contribution is -2.28. The Labute approximate surface area is 188 Å². The second-order valence-corrected chi connectivity index (χ2v) is 8.46. The number of carboxylic acid groups (broad SMARTS) is 1. The predicted octanol–water partition coefficient (Wildman–Crippen LogP) is 5.61. The second kappa shape index (κ2) is 7.99. The number of aromatic carboxylic acids is 1. The van der Waals surface area contributed by atoms with E-state index in [1.165, 1.54) is 24.3 Å². The Morgan fingerprint density at radius 2 is 1.82 bits per heavy atom. The minimum atomic E-state index is -3.68. The fourth-order valence-corrected chi connectivity index (χ4v) is 3.55. The molecule has 0 saturated heterocycles. The van der Waals surface area contributed by atoms with E-state index >= 15 is 0 Å². The van der Waals surface area contributed by atoms with Crippen molar-refractivity contribution >= 4 is 11.8 Å². The highest BCUT2D eigenvalue weighted by molar-refractivity contribution is 5.89. The number of pyridine rings is 1. The fraction of sp³-hybridized carbons (Fsp3) is 0.250. The third kappa shape index (κ3) is 4.72. The fourth-order valence-electron chi connectivity index (χ4n) is 3.55. The van der Waals surface area contributed by atoms with Crippen molar-refractivity contribution in [2.24, 2.45) is 0 Å². The summed E-state index contributed by atoms with van der Waals surface area (Å²) in [5.41, 5.74) is 1.63. The third-order valence-corrected chi connectivity index (χ3v) is 5.41. The largest absolute Gasteiger partial charge is 0.586 e. The van der Waals surface area contributed by atoms with Crippen LogP contribution in [0.2, 0.25) is 0 Å². The van der Waals surface area contributed by atoms with Crippen LogP contribution in [0, 0.1) is 12.7 Å². The summed E-state index contributed by atoms with van der Waals surface area (Å²) in [7, 11) is 0. The van der Waals surface area contributed by atoms with Gasteiger partial charge in [-0.05, 0) is 54.4 Å². The second-order valence-electron chi connectivity index (χ2n) is 8.46. The van der Waals surface area contributed by atoms with Crippen molar-refractivity contribution in [2.75, 3.05) is 11.9 Å². The summed E-state index contributed by atoms with van der Waals surface area (Å²) in [4.78, 5) is 15.8. The van der Waals surface area contributed by atoms with Gasteiger partial charge in [-0.25, -0.2) is 14.2 Å². The number of carbonyl (C=O) groups is 1. The monoisotopic (exact) mass is 458 g/mol. The summed E-state index contributed by atoms with van der Waals surface area (Å²) in [6.07, 6.45) is -3.68. The molecule has 0 amide bonds. The van der Waals surface area contributed by atoms with E-state index in [1.807, 2.05) is 13.8 Å². The molecule has 1 aromatic heterocycles. The van der Waals surface area contributed by atoms with Crippen LogP contribution in [-0.4, -0.2) is 28.9 Å². The summed E-state index contributed by atoms with van der Waals surface area (Å²) in [5, 5.41) is 12.4. The van der Waals surface area contributed by atoms with E-state index in [0.29, 0.717) is 23.6 Å². The van der Waals surface area contributed by atoms with Gasteiger partial charge in [0, 0.05) is 17.5 Å². The highest BCUT2D eigenvalue weighted by atomic mass is 19.3. The Morgan fingerprint density at radius 1 is 1.09 bits per heavy atom. The Bertz CT molecular complexity index is 1240. The number of halogens is 3. The maximum absolute atomic E-state index is 14.0. The zero-order valence-electron chi connectivity index (χ0n) is 18.1. The molecular weight excluding hydrogens is 437 g/mol. The Balaban J connectivity index is 1.56. The van der Waals surface area contributed by atoms with Crippen LogP contribution in [0.5, 0.6) is 11.5 Å². The quantitative estimate of drug-likeness (QED) is 0.500. The number of alkyl halides is 2. The van der Waals surface area contributed by atoms with Crippen LogP contribution in [-0.2, 0) is 5.41 Å². The minimum Gasteiger partial charge on any atom is -0.478 e. The summed E-state index contributed by atoms with van der Waals surface area (Å²) in [6, 6.07) is 11.8. The first-order valence-corrected chi connectivity index (χ1v) is 10.1. The van der Waals surface area contributed by atoms with E-state index in [4.69, 9.17) is 0 Å². The molecule has 1 aliphatic heterocycles. The van der Waals surface area contributed by atoms with E-state index in [9.17, 15) is 23.1 Å². The number of aryl methyl sites for hydroxylation is 1. The van der Waals surface area contributed by atoms with E-state index in [-0.39, 0.29) is 17.1 Å². The number of hydrogen-bond donors (Lipinski definition) is 2. The van der Waals surface area contributed by atoms with E-state index in [1.54, 1.807) is 25.1 Å². The molecule has 2 heterocycles. The third-order valence-electron chi connectivity index (χ3n) is 5.41. The zero-order chi connectivity index (χ0) is 24.0. The zero-order valence-corrected chi connectivity index (χ0v) is 18.1. The smallest absolute Gasteiger partial charge is 0.478 e. The summed E-state index contributed by atoms with van der Waals surface area (Å²) >= 11 is 0. The summed E-state index contributed by atoms with van der Waals surface area (Å²) in [6.45, 7) is 6.04. The molecule has 0 spiro atoms. The van der Waals surface area contributed by atoms with Crippen LogP contribution < -0.4 is 14.8 Å². The molecule has 2 aromatic carbocycles. The van der Waals surface area contributed by atoms with Crippen molar-refractivity contribution in [1.82, 2.24) is 4.98 Å². The van der Waals surface area contributed by atoms with Crippen molar-refractivity contribution < 1.29 is 32.5 Å².